The van der Waals surface area contributed by atoms with E-state index in [2.05, 4.69) is 16.0 Å². The number of amides is 2. The lowest BCUT2D eigenvalue weighted by Crippen LogP contribution is -2.35. The summed E-state index contributed by atoms with van der Waals surface area (Å²) in [5, 5.41) is 17.5. The van der Waals surface area contributed by atoms with Crippen LogP contribution in [0.2, 0.25) is 5.02 Å². The van der Waals surface area contributed by atoms with Crippen molar-refractivity contribution in [2.75, 3.05) is 25.5 Å². The molecule has 0 spiro atoms. The molecule has 0 radical (unpaired) electrons. The van der Waals surface area contributed by atoms with E-state index in [1.54, 1.807) is 39.0 Å². The first kappa shape index (κ1) is 22.1. The van der Waals surface area contributed by atoms with Crippen LogP contribution in [0.1, 0.15) is 20.8 Å². The number of nitrogens with zero attached hydrogens (tertiary/aromatic N) is 1. The fourth-order valence-corrected chi connectivity index (χ4v) is 2.01. The van der Waals surface area contributed by atoms with E-state index in [1.807, 2.05) is 0 Å². The predicted molar refractivity (Wildman–Crippen MR) is 103 cm³/mol. The average molecular weight is 395 g/mol. The maximum absolute atomic E-state index is 12.2. The molecule has 0 unspecified atom stereocenters. The number of rotatable bonds is 7. The monoisotopic (exact) mass is 394 g/mol. The van der Waals surface area contributed by atoms with Crippen LogP contribution in [0, 0.1) is 11.3 Å². The lowest BCUT2D eigenvalue weighted by atomic mass is 10.2. The third-order valence-electron chi connectivity index (χ3n) is 2.96. The van der Waals surface area contributed by atoms with Crippen molar-refractivity contribution in [2.45, 2.75) is 26.4 Å². The quantitative estimate of drug-likeness (QED) is 0.372. The lowest BCUT2D eigenvalue weighted by molar-refractivity contribution is -0.112. The number of methoxy groups -OCH3 is 1. The van der Waals surface area contributed by atoms with Crippen molar-refractivity contribution < 1.29 is 19.1 Å². The molecule has 1 aromatic carbocycles. The van der Waals surface area contributed by atoms with E-state index in [0.29, 0.717) is 23.0 Å². The molecule has 0 aliphatic rings. The normalized spacial score (nSPS) is 11.2. The van der Waals surface area contributed by atoms with Gasteiger partial charge in [-0.05, 0) is 39.0 Å². The minimum absolute atomic E-state index is 0.144. The molecule has 0 saturated carbocycles. The Kier molecular flexibility index (Phi) is 8.42. The van der Waals surface area contributed by atoms with Crippen LogP contribution in [-0.2, 0) is 9.53 Å². The molecule has 1 aromatic rings. The van der Waals surface area contributed by atoms with E-state index >= 15 is 0 Å². The van der Waals surface area contributed by atoms with Crippen molar-refractivity contribution in [3.63, 3.8) is 0 Å². The van der Waals surface area contributed by atoms with Gasteiger partial charge in [-0.2, -0.15) is 5.26 Å². The molecule has 2 amide bonds. The van der Waals surface area contributed by atoms with E-state index in [0.717, 1.165) is 0 Å². The van der Waals surface area contributed by atoms with Crippen molar-refractivity contribution in [3.05, 3.63) is 35.0 Å². The SMILES string of the molecule is COc1ccc(Cl)cc1NC(=O)/C(C#N)=C\NCCNC(=O)OC(C)(C)C. The fraction of sp³-hybridized carbons (Fsp3) is 0.389. The maximum atomic E-state index is 12.2. The molecule has 146 valence electrons. The summed E-state index contributed by atoms with van der Waals surface area (Å²) in [5.41, 5.74) is -0.373. The van der Waals surface area contributed by atoms with Gasteiger partial charge in [0.1, 0.15) is 23.0 Å². The number of alkyl carbamates (subject to hydrolysis) is 1. The summed E-state index contributed by atoms with van der Waals surface area (Å²) < 4.78 is 10.2. The zero-order valence-corrected chi connectivity index (χ0v) is 16.4. The largest absolute Gasteiger partial charge is 0.495 e. The number of anilines is 1. The highest BCUT2D eigenvalue weighted by Gasteiger charge is 2.15. The van der Waals surface area contributed by atoms with E-state index in [4.69, 9.17) is 26.3 Å². The van der Waals surface area contributed by atoms with Crippen LogP contribution in [0.15, 0.2) is 30.0 Å². The zero-order chi connectivity index (χ0) is 20.4. The van der Waals surface area contributed by atoms with E-state index < -0.39 is 17.6 Å². The molecule has 0 saturated heterocycles. The van der Waals surface area contributed by atoms with Gasteiger partial charge >= 0.3 is 6.09 Å². The first-order chi connectivity index (χ1) is 12.7. The van der Waals surface area contributed by atoms with E-state index in [9.17, 15) is 9.59 Å². The van der Waals surface area contributed by atoms with Gasteiger partial charge in [-0.15, -0.1) is 0 Å². The van der Waals surface area contributed by atoms with Gasteiger partial charge in [0.2, 0.25) is 0 Å². The van der Waals surface area contributed by atoms with Gasteiger partial charge in [0, 0.05) is 24.3 Å². The molecule has 27 heavy (non-hydrogen) atoms. The molecule has 0 aliphatic carbocycles. The zero-order valence-electron chi connectivity index (χ0n) is 15.7. The minimum Gasteiger partial charge on any atom is -0.495 e. The fourth-order valence-electron chi connectivity index (χ4n) is 1.84. The van der Waals surface area contributed by atoms with Crippen LogP contribution in [0.5, 0.6) is 5.75 Å². The van der Waals surface area contributed by atoms with Crippen LogP contribution >= 0.6 is 11.6 Å². The molecule has 1 rings (SSSR count). The highest BCUT2D eigenvalue weighted by atomic mass is 35.5. The highest BCUT2D eigenvalue weighted by molar-refractivity contribution is 6.31. The molecule has 0 bridgehead atoms. The Morgan fingerprint density at radius 3 is 2.59 bits per heavy atom. The van der Waals surface area contributed by atoms with Crippen LogP contribution in [0.3, 0.4) is 0 Å². The van der Waals surface area contributed by atoms with Gasteiger partial charge in [0.25, 0.3) is 5.91 Å². The number of hydrogen-bond acceptors (Lipinski definition) is 6. The Morgan fingerprint density at radius 1 is 1.30 bits per heavy atom. The second-order valence-corrected chi connectivity index (χ2v) is 6.79. The number of carbonyl (C=O) groups excluding carboxylic acids is 2. The van der Waals surface area contributed by atoms with Gasteiger partial charge in [-0.3, -0.25) is 4.79 Å². The number of carbonyl (C=O) groups is 2. The minimum atomic E-state index is -0.620. The molecule has 0 aromatic heterocycles. The molecular weight excluding hydrogens is 372 g/mol. The third-order valence-corrected chi connectivity index (χ3v) is 3.19. The summed E-state index contributed by atoms with van der Waals surface area (Å²) in [4.78, 5) is 23.7. The van der Waals surface area contributed by atoms with Crippen molar-refractivity contribution in [1.29, 1.82) is 5.26 Å². The highest BCUT2D eigenvalue weighted by Crippen LogP contribution is 2.27. The van der Waals surface area contributed by atoms with E-state index in [-0.39, 0.29) is 12.1 Å². The van der Waals surface area contributed by atoms with Crippen LogP contribution in [-0.4, -0.2) is 37.8 Å². The Morgan fingerprint density at radius 2 is 2.00 bits per heavy atom. The lowest BCUT2D eigenvalue weighted by Gasteiger charge is -2.19. The maximum Gasteiger partial charge on any atom is 0.407 e. The van der Waals surface area contributed by atoms with Crippen molar-refractivity contribution >= 4 is 29.3 Å². The Bertz CT molecular complexity index is 751. The summed E-state index contributed by atoms with van der Waals surface area (Å²) >= 11 is 5.91. The summed E-state index contributed by atoms with van der Waals surface area (Å²) in [6.07, 6.45) is 0.725. The number of nitrogens with one attached hydrogen (secondary N) is 3. The van der Waals surface area contributed by atoms with Crippen LogP contribution in [0.4, 0.5) is 10.5 Å². The summed E-state index contributed by atoms with van der Waals surface area (Å²) in [6.45, 7) is 5.85. The van der Waals surface area contributed by atoms with Gasteiger partial charge in [0.15, 0.2) is 0 Å². The first-order valence-corrected chi connectivity index (χ1v) is 8.49. The van der Waals surface area contributed by atoms with Crippen LogP contribution < -0.4 is 20.7 Å². The smallest absolute Gasteiger partial charge is 0.407 e. The van der Waals surface area contributed by atoms with Crippen molar-refractivity contribution in [1.82, 2.24) is 10.6 Å². The average Bonchev–Trinajstić information content (AvgIpc) is 2.56. The molecule has 3 N–H and O–H groups in total. The van der Waals surface area contributed by atoms with Gasteiger partial charge in [0.05, 0.1) is 12.8 Å². The third kappa shape index (κ3) is 8.33. The second-order valence-electron chi connectivity index (χ2n) is 6.35. The van der Waals surface area contributed by atoms with Crippen molar-refractivity contribution in [2.24, 2.45) is 0 Å². The number of hydrogen-bond donors (Lipinski definition) is 3. The molecule has 8 nitrogen and oxygen atoms in total. The second kappa shape index (κ2) is 10.3. The molecular formula is C18H23ClN4O4. The first-order valence-electron chi connectivity index (χ1n) is 8.11. The summed E-state index contributed by atoms with van der Waals surface area (Å²) in [7, 11) is 1.46. The Labute approximate surface area is 163 Å². The topological polar surface area (TPSA) is 112 Å². The molecule has 0 fully saturated rings. The number of nitriles is 1. The predicted octanol–water partition coefficient (Wildman–Crippen LogP) is 2.81. The van der Waals surface area contributed by atoms with Gasteiger partial charge in [-0.25, -0.2) is 4.79 Å². The van der Waals surface area contributed by atoms with E-state index in [1.165, 1.54) is 19.4 Å². The number of benzene rings is 1. The molecule has 0 aliphatic heterocycles. The number of ether oxygens (including phenoxy) is 2. The standard InChI is InChI=1S/C18H23ClN4O4/c1-18(2,3)27-17(25)22-8-7-21-11-12(10-20)16(24)23-14-9-13(19)5-6-15(14)26-4/h5-6,9,11,21H,7-8H2,1-4H3,(H,22,25)(H,23,24)/b12-11-. The van der Waals surface area contributed by atoms with Gasteiger partial charge in [-0.1, -0.05) is 11.6 Å². The Hall–Kier alpha value is -2.92. The Balaban J connectivity index is 2.55. The summed E-state index contributed by atoms with van der Waals surface area (Å²) in [6, 6.07) is 6.55. The number of halogens is 1. The molecule has 0 heterocycles. The molecule has 0 atom stereocenters. The van der Waals surface area contributed by atoms with Crippen molar-refractivity contribution in [3.8, 4) is 11.8 Å². The van der Waals surface area contributed by atoms with Crippen LogP contribution in [0.25, 0.3) is 0 Å². The summed E-state index contributed by atoms with van der Waals surface area (Å²) in [5.74, 6) is -0.203. The van der Waals surface area contributed by atoms with Gasteiger partial charge < -0.3 is 25.4 Å². The molecule has 9 heteroatoms.